The van der Waals surface area contributed by atoms with Crippen LogP contribution in [-0.4, -0.2) is 30.5 Å². The van der Waals surface area contributed by atoms with Crippen molar-refractivity contribution in [1.29, 1.82) is 0 Å². The molecule has 19 heavy (non-hydrogen) atoms. The van der Waals surface area contributed by atoms with E-state index in [0.717, 1.165) is 15.6 Å². The minimum atomic E-state index is -0.411. The van der Waals surface area contributed by atoms with Crippen molar-refractivity contribution in [1.82, 2.24) is 0 Å². The van der Waals surface area contributed by atoms with Crippen LogP contribution in [0, 0.1) is 0 Å². The first-order valence-corrected chi connectivity index (χ1v) is 7.03. The highest BCUT2D eigenvalue weighted by Crippen LogP contribution is 2.30. The second-order valence-electron chi connectivity index (χ2n) is 4.81. The van der Waals surface area contributed by atoms with Gasteiger partial charge < -0.3 is 14.6 Å². The molecule has 3 atom stereocenters. The molecule has 1 saturated carbocycles. The Labute approximate surface area is 120 Å². The molecule has 0 bridgehead atoms. The molecule has 3 unspecified atom stereocenters. The van der Waals surface area contributed by atoms with E-state index >= 15 is 0 Å². The second kappa shape index (κ2) is 5.12. The van der Waals surface area contributed by atoms with Gasteiger partial charge in [0.25, 0.3) is 0 Å². The Balaban J connectivity index is 1.80. The minimum Gasteiger partial charge on any atom is -0.487 e. The zero-order chi connectivity index (χ0) is 13.4. The molecule has 0 aliphatic heterocycles. The highest BCUT2D eigenvalue weighted by molar-refractivity contribution is 9.10. The van der Waals surface area contributed by atoms with Gasteiger partial charge in [-0.2, -0.15) is 0 Å². The van der Waals surface area contributed by atoms with Crippen LogP contribution in [-0.2, 0) is 4.74 Å². The molecule has 1 aliphatic carbocycles. The van der Waals surface area contributed by atoms with Gasteiger partial charge in [-0.05, 0) is 35.0 Å². The first-order chi connectivity index (χ1) is 9.17. The van der Waals surface area contributed by atoms with Gasteiger partial charge in [0.1, 0.15) is 18.0 Å². The number of ether oxygens (including phenoxy) is 2. The zero-order valence-corrected chi connectivity index (χ0v) is 12.1. The number of methoxy groups -OCH3 is 1. The van der Waals surface area contributed by atoms with E-state index in [4.69, 9.17) is 9.47 Å². The summed E-state index contributed by atoms with van der Waals surface area (Å²) in [6.45, 7) is 0. The predicted molar refractivity (Wildman–Crippen MR) is 77.5 cm³/mol. The Morgan fingerprint density at radius 3 is 2.63 bits per heavy atom. The van der Waals surface area contributed by atoms with Crippen LogP contribution in [0.25, 0.3) is 10.8 Å². The van der Waals surface area contributed by atoms with Gasteiger partial charge in [-0.25, -0.2) is 0 Å². The molecule has 2 aromatic carbocycles. The van der Waals surface area contributed by atoms with Crippen LogP contribution in [0.2, 0.25) is 0 Å². The summed E-state index contributed by atoms with van der Waals surface area (Å²) < 4.78 is 12.1. The maximum absolute atomic E-state index is 9.55. The van der Waals surface area contributed by atoms with Crippen molar-refractivity contribution in [2.24, 2.45) is 0 Å². The Morgan fingerprint density at radius 1 is 1.16 bits per heavy atom. The fourth-order valence-corrected chi connectivity index (χ4v) is 2.80. The van der Waals surface area contributed by atoms with Crippen molar-refractivity contribution >= 4 is 26.7 Å². The van der Waals surface area contributed by atoms with E-state index in [1.165, 1.54) is 5.39 Å². The lowest BCUT2D eigenvalue weighted by Gasteiger charge is -2.40. The maximum atomic E-state index is 9.55. The van der Waals surface area contributed by atoms with E-state index in [1.54, 1.807) is 7.11 Å². The van der Waals surface area contributed by atoms with Gasteiger partial charge in [0.05, 0.1) is 6.10 Å². The van der Waals surface area contributed by atoms with Crippen molar-refractivity contribution in [3.63, 3.8) is 0 Å². The fourth-order valence-electron chi connectivity index (χ4n) is 2.43. The first-order valence-electron chi connectivity index (χ1n) is 6.24. The molecule has 1 aliphatic rings. The molecular formula is C15H15BrO3. The molecule has 3 nitrogen and oxygen atoms in total. The van der Waals surface area contributed by atoms with Gasteiger partial charge >= 0.3 is 0 Å². The molecule has 1 fully saturated rings. The summed E-state index contributed by atoms with van der Waals surface area (Å²) >= 11 is 3.46. The summed E-state index contributed by atoms with van der Waals surface area (Å²) in [5.41, 5.74) is 0. The second-order valence-corrected chi connectivity index (χ2v) is 5.73. The average molecular weight is 323 g/mol. The molecule has 1 N–H and O–H groups in total. The number of aliphatic hydroxyl groups excluding tert-OH is 1. The van der Waals surface area contributed by atoms with Gasteiger partial charge in [-0.1, -0.05) is 28.1 Å². The predicted octanol–water partition coefficient (Wildman–Crippen LogP) is 3.13. The SMILES string of the molecule is COC1C(O)CC1Oc1ccc2cc(Br)ccc2c1. The average Bonchev–Trinajstić information content (AvgIpc) is 2.38. The monoisotopic (exact) mass is 322 g/mol. The molecule has 0 saturated heterocycles. The normalized spacial score (nSPS) is 26.2. The molecule has 100 valence electrons. The van der Waals surface area contributed by atoms with Crippen molar-refractivity contribution in [2.45, 2.75) is 24.7 Å². The molecule has 4 heteroatoms. The summed E-state index contributed by atoms with van der Waals surface area (Å²) in [5, 5.41) is 11.8. The third-order valence-corrected chi connectivity index (χ3v) is 4.05. The van der Waals surface area contributed by atoms with Crippen molar-refractivity contribution in [3.05, 3.63) is 40.9 Å². The van der Waals surface area contributed by atoms with Crippen molar-refractivity contribution in [2.75, 3.05) is 7.11 Å². The van der Waals surface area contributed by atoms with E-state index < -0.39 is 6.10 Å². The summed E-state index contributed by atoms with van der Waals surface area (Å²) in [6.07, 6.45) is -0.0726. The van der Waals surface area contributed by atoms with E-state index in [0.29, 0.717) is 6.42 Å². The minimum absolute atomic E-state index is 0.0621. The fraction of sp³-hybridized carbons (Fsp3) is 0.333. The van der Waals surface area contributed by atoms with Gasteiger partial charge in [0, 0.05) is 18.0 Å². The van der Waals surface area contributed by atoms with Crippen LogP contribution in [0.1, 0.15) is 6.42 Å². The van der Waals surface area contributed by atoms with Crippen LogP contribution in [0.3, 0.4) is 0 Å². The first kappa shape index (κ1) is 12.9. The molecule has 0 amide bonds. The lowest BCUT2D eigenvalue weighted by atomic mass is 9.88. The number of hydrogen-bond acceptors (Lipinski definition) is 3. The molecule has 0 spiro atoms. The number of halogens is 1. The maximum Gasteiger partial charge on any atom is 0.130 e. The van der Waals surface area contributed by atoms with Gasteiger partial charge in [-0.15, -0.1) is 0 Å². The zero-order valence-electron chi connectivity index (χ0n) is 10.5. The number of rotatable bonds is 3. The third kappa shape index (κ3) is 2.48. The van der Waals surface area contributed by atoms with Crippen molar-refractivity contribution < 1.29 is 14.6 Å². The molecular weight excluding hydrogens is 308 g/mol. The highest BCUT2D eigenvalue weighted by Gasteiger charge is 2.42. The molecule has 0 heterocycles. The Bertz CT molecular complexity index is 599. The van der Waals surface area contributed by atoms with Gasteiger partial charge in [0.15, 0.2) is 0 Å². The smallest absolute Gasteiger partial charge is 0.130 e. The molecule has 0 aromatic heterocycles. The van der Waals surface area contributed by atoms with Crippen LogP contribution < -0.4 is 4.74 Å². The Kier molecular flexibility index (Phi) is 3.48. The van der Waals surface area contributed by atoms with Crippen LogP contribution in [0.15, 0.2) is 40.9 Å². The van der Waals surface area contributed by atoms with Crippen molar-refractivity contribution in [3.8, 4) is 5.75 Å². The molecule has 3 rings (SSSR count). The molecule has 2 aromatic rings. The highest BCUT2D eigenvalue weighted by atomic mass is 79.9. The largest absolute Gasteiger partial charge is 0.487 e. The lowest BCUT2D eigenvalue weighted by molar-refractivity contribution is -0.149. The Morgan fingerprint density at radius 2 is 1.89 bits per heavy atom. The van der Waals surface area contributed by atoms with Gasteiger partial charge in [-0.3, -0.25) is 0 Å². The van der Waals surface area contributed by atoms with E-state index in [9.17, 15) is 5.11 Å². The summed E-state index contributed by atoms with van der Waals surface area (Å²) in [5.74, 6) is 0.814. The van der Waals surface area contributed by atoms with Gasteiger partial charge in [0.2, 0.25) is 0 Å². The number of benzene rings is 2. The van der Waals surface area contributed by atoms with Crippen LogP contribution >= 0.6 is 15.9 Å². The third-order valence-electron chi connectivity index (χ3n) is 3.55. The quantitative estimate of drug-likeness (QED) is 0.943. The summed E-state index contributed by atoms with van der Waals surface area (Å²) in [4.78, 5) is 0. The van der Waals surface area contributed by atoms with E-state index in [-0.39, 0.29) is 12.2 Å². The van der Waals surface area contributed by atoms with Crippen LogP contribution in [0.5, 0.6) is 5.75 Å². The number of hydrogen-bond donors (Lipinski definition) is 1. The van der Waals surface area contributed by atoms with E-state index in [1.807, 2.05) is 24.3 Å². The summed E-state index contributed by atoms with van der Waals surface area (Å²) in [6, 6.07) is 12.1. The lowest BCUT2D eigenvalue weighted by Crippen LogP contribution is -2.54. The number of fused-ring (bicyclic) bond motifs is 1. The molecule has 0 radical (unpaired) electrons. The topological polar surface area (TPSA) is 38.7 Å². The summed E-state index contributed by atoms with van der Waals surface area (Å²) in [7, 11) is 1.60. The van der Waals surface area contributed by atoms with E-state index in [2.05, 4.69) is 28.1 Å². The standard InChI is InChI=1S/C15H15BrO3/c1-18-15-13(17)8-14(15)19-12-5-3-9-6-11(16)4-2-10(9)7-12/h2-7,13-15,17H,8H2,1H3. The number of aliphatic hydroxyl groups is 1. The van der Waals surface area contributed by atoms with Crippen LogP contribution in [0.4, 0.5) is 0 Å². The Hall–Kier alpha value is -1.10.